The van der Waals surface area contributed by atoms with Gasteiger partial charge in [0.05, 0.1) is 11.9 Å². The number of amides is 2. The van der Waals surface area contributed by atoms with Crippen molar-refractivity contribution in [2.75, 3.05) is 19.6 Å². The first-order valence-electron chi connectivity index (χ1n) is 7.47. The lowest BCUT2D eigenvalue weighted by atomic mass is 10.1. The second kappa shape index (κ2) is 6.88. The highest BCUT2D eigenvalue weighted by molar-refractivity contribution is 6.30. The molecule has 2 amide bonds. The molecule has 2 N–H and O–H groups in total. The molecular weight excluding hydrogens is 334 g/mol. The predicted molar refractivity (Wildman–Crippen MR) is 86.4 cm³/mol. The Balaban J connectivity index is 1.57. The van der Waals surface area contributed by atoms with E-state index < -0.39 is 6.09 Å². The van der Waals surface area contributed by atoms with Crippen LogP contribution in [0.5, 0.6) is 0 Å². The van der Waals surface area contributed by atoms with Crippen LogP contribution in [0.15, 0.2) is 30.5 Å². The van der Waals surface area contributed by atoms with Gasteiger partial charge in [-0.05, 0) is 30.5 Å². The number of likely N-dealkylation sites (tertiary alicyclic amines) is 1. The molecule has 2 aromatic rings. The molecular formula is C15H16ClN5O3. The molecule has 126 valence electrons. The van der Waals surface area contributed by atoms with Gasteiger partial charge in [0.1, 0.15) is 0 Å². The average Bonchev–Trinajstić information content (AvgIpc) is 3.22. The maximum atomic E-state index is 12.1. The van der Waals surface area contributed by atoms with Gasteiger partial charge < -0.3 is 15.3 Å². The Labute approximate surface area is 143 Å². The van der Waals surface area contributed by atoms with Crippen molar-refractivity contribution in [3.05, 3.63) is 41.2 Å². The molecule has 8 nitrogen and oxygen atoms in total. The summed E-state index contributed by atoms with van der Waals surface area (Å²) < 4.78 is 1.47. The Bertz CT molecular complexity index is 763. The number of hydrogen-bond acceptors (Lipinski definition) is 4. The summed E-state index contributed by atoms with van der Waals surface area (Å²) in [4.78, 5) is 24.4. The molecule has 1 saturated heterocycles. The van der Waals surface area contributed by atoms with E-state index in [0.29, 0.717) is 30.3 Å². The second-order valence-electron chi connectivity index (χ2n) is 5.62. The van der Waals surface area contributed by atoms with Crippen LogP contribution >= 0.6 is 11.6 Å². The Morgan fingerprint density at radius 3 is 2.96 bits per heavy atom. The van der Waals surface area contributed by atoms with Crippen molar-refractivity contribution < 1.29 is 14.7 Å². The molecule has 0 saturated carbocycles. The van der Waals surface area contributed by atoms with E-state index in [2.05, 4.69) is 15.6 Å². The molecule has 0 aliphatic carbocycles. The fraction of sp³-hybridized carbons (Fsp3) is 0.333. The van der Waals surface area contributed by atoms with Crippen molar-refractivity contribution in [2.24, 2.45) is 5.92 Å². The number of hydrogen-bond donors (Lipinski definition) is 2. The van der Waals surface area contributed by atoms with E-state index in [1.807, 2.05) is 0 Å². The topological polar surface area (TPSA) is 100 Å². The molecule has 1 unspecified atom stereocenters. The van der Waals surface area contributed by atoms with E-state index >= 15 is 0 Å². The summed E-state index contributed by atoms with van der Waals surface area (Å²) in [5.41, 5.74) is 0.907. The van der Waals surface area contributed by atoms with E-state index in [1.54, 1.807) is 24.3 Å². The van der Waals surface area contributed by atoms with Gasteiger partial charge in [-0.25, -0.2) is 9.48 Å². The van der Waals surface area contributed by atoms with Gasteiger partial charge in [-0.1, -0.05) is 22.9 Å². The molecule has 1 fully saturated rings. The van der Waals surface area contributed by atoms with E-state index in [1.165, 1.54) is 15.8 Å². The maximum Gasteiger partial charge on any atom is 0.407 e. The van der Waals surface area contributed by atoms with Crippen LogP contribution in [0, 0.1) is 5.92 Å². The third-order valence-electron chi connectivity index (χ3n) is 3.91. The zero-order valence-corrected chi connectivity index (χ0v) is 13.5. The van der Waals surface area contributed by atoms with Gasteiger partial charge in [0.15, 0.2) is 5.69 Å². The first-order chi connectivity index (χ1) is 11.5. The van der Waals surface area contributed by atoms with Gasteiger partial charge in [-0.3, -0.25) is 4.79 Å². The first-order valence-corrected chi connectivity index (χ1v) is 7.85. The summed E-state index contributed by atoms with van der Waals surface area (Å²) in [7, 11) is 0. The quantitative estimate of drug-likeness (QED) is 0.874. The molecule has 1 aliphatic heterocycles. The lowest BCUT2D eigenvalue weighted by Gasteiger charge is -2.12. The van der Waals surface area contributed by atoms with Gasteiger partial charge >= 0.3 is 6.09 Å². The van der Waals surface area contributed by atoms with Crippen LogP contribution in [0.25, 0.3) is 5.69 Å². The minimum atomic E-state index is -0.923. The third-order valence-corrected chi connectivity index (χ3v) is 4.14. The summed E-state index contributed by atoms with van der Waals surface area (Å²) in [6.07, 6.45) is 1.34. The number of aromatic nitrogens is 3. The number of benzene rings is 1. The largest absolute Gasteiger partial charge is 0.465 e. The van der Waals surface area contributed by atoms with Gasteiger partial charge in [-0.2, -0.15) is 0 Å². The predicted octanol–water partition coefficient (Wildman–Crippen LogP) is 1.65. The highest BCUT2D eigenvalue weighted by Gasteiger charge is 2.26. The van der Waals surface area contributed by atoms with Gasteiger partial charge in [0.2, 0.25) is 0 Å². The highest BCUT2D eigenvalue weighted by Crippen LogP contribution is 2.16. The number of rotatable bonds is 4. The van der Waals surface area contributed by atoms with Crippen LogP contribution < -0.4 is 5.32 Å². The first kappa shape index (κ1) is 16.3. The molecule has 0 spiro atoms. The van der Waals surface area contributed by atoms with Crippen molar-refractivity contribution in [3.63, 3.8) is 0 Å². The van der Waals surface area contributed by atoms with Crippen LogP contribution in [-0.4, -0.2) is 56.6 Å². The lowest BCUT2D eigenvalue weighted by Crippen LogP contribution is -2.32. The molecule has 1 atom stereocenters. The molecule has 3 rings (SSSR count). The zero-order chi connectivity index (χ0) is 17.1. The maximum absolute atomic E-state index is 12.1. The van der Waals surface area contributed by atoms with Crippen molar-refractivity contribution >= 4 is 23.6 Å². The normalized spacial score (nSPS) is 17.0. The molecule has 0 radical (unpaired) electrons. The van der Waals surface area contributed by atoms with Crippen molar-refractivity contribution in [2.45, 2.75) is 6.42 Å². The van der Waals surface area contributed by atoms with Crippen LogP contribution in [0.4, 0.5) is 4.79 Å². The number of nitrogens with one attached hydrogen (secondary N) is 1. The number of nitrogens with zero attached hydrogens (tertiary/aromatic N) is 4. The van der Waals surface area contributed by atoms with Gasteiger partial charge in [0, 0.05) is 24.7 Å². The van der Waals surface area contributed by atoms with E-state index in [9.17, 15) is 9.59 Å². The highest BCUT2D eigenvalue weighted by atomic mass is 35.5. The standard InChI is InChI=1S/C15H16ClN5O3/c16-11-2-1-3-12(6-11)21-9-13(18-19-21)14(22)17-7-10-4-5-20(8-10)15(23)24/h1-3,6,9-10H,4-5,7-8H2,(H,17,22)(H,23,24). The number of halogens is 1. The molecule has 1 aromatic carbocycles. The number of carboxylic acid groups (broad SMARTS) is 1. The molecule has 0 bridgehead atoms. The van der Waals surface area contributed by atoms with E-state index in [-0.39, 0.29) is 17.5 Å². The van der Waals surface area contributed by atoms with Crippen molar-refractivity contribution in [1.29, 1.82) is 0 Å². The summed E-state index contributed by atoms with van der Waals surface area (Å²) in [6, 6.07) is 7.06. The van der Waals surface area contributed by atoms with E-state index in [4.69, 9.17) is 16.7 Å². The minimum absolute atomic E-state index is 0.119. The third kappa shape index (κ3) is 3.65. The second-order valence-corrected chi connectivity index (χ2v) is 6.06. The van der Waals surface area contributed by atoms with Gasteiger partial charge in [-0.15, -0.1) is 5.10 Å². The molecule has 9 heteroatoms. The van der Waals surface area contributed by atoms with Crippen LogP contribution in [0.1, 0.15) is 16.9 Å². The minimum Gasteiger partial charge on any atom is -0.465 e. The van der Waals surface area contributed by atoms with Crippen molar-refractivity contribution in [1.82, 2.24) is 25.2 Å². The summed E-state index contributed by atoms with van der Waals surface area (Å²) in [5, 5.41) is 20.1. The zero-order valence-electron chi connectivity index (χ0n) is 12.7. The van der Waals surface area contributed by atoms with Crippen LogP contribution in [-0.2, 0) is 0 Å². The average molecular weight is 350 g/mol. The molecule has 24 heavy (non-hydrogen) atoms. The van der Waals surface area contributed by atoms with Crippen molar-refractivity contribution in [3.8, 4) is 5.69 Å². The molecule has 2 heterocycles. The Morgan fingerprint density at radius 2 is 2.25 bits per heavy atom. The molecule has 1 aliphatic rings. The van der Waals surface area contributed by atoms with Crippen LogP contribution in [0.2, 0.25) is 5.02 Å². The van der Waals surface area contributed by atoms with Gasteiger partial charge in [0.25, 0.3) is 5.91 Å². The fourth-order valence-corrected chi connectivity index (χ4v) is 2.80. The summed E-state index contributed by atoms with van der Waals surface area (Å²) >= 11 is 5.93. The summed E-state index contributed by atoms with van der Waals surface area (Å²) in [6.45, 7) is 1.35. The number of carbonyl (C=O) groups excluding carboxylic acids is 1. The fourth-order valence-electron chi connectivity index (χ4n) is 2.61. The number of carbonyl (C=O) groups is 2. The lowest BCUT2D eigenvalue weighted by molar-refractivity contribution is 0.0942. The molecule has 1 aromatic heterocycles. The Kier molecular flexibility index (Phi) is 4.66. The smallest absolute Gasteiger partial charge is 0.407 e. The Hall–Kier alpha value is -2.61. The van der Waals surface area contributed by atoms with E-state index in [0.717, 1.165) is 6.42 Å². The monoisotopic (exact) mass is 349 g/mol. The van der Waals surface area contributed by atoms with Crippen LogP contribution in [0.3, 0.4) is 0 Å². The Morgan fingerprint density at radius 1 is 1.42 bits per heavy atom. The SMILES string of the molecule is O=C(NCC1CCN(C(=O)O)C1)c1cn(-c2cccc(Cl)c2)nn1. The summed E-state index contributed by atoms with van der Waals surface area (Å²) in [5.74, 6) is -0.218.